The van der Waals surface area contributed by atoms with Gasteiger partial charge in [-0.3, -0.25) is 24.3 Å². The van der Waals surface area contributed by atoms with Crippen LogP contribution in [0, 0.1) is 29.6 Å². The van der Waals surface area contributed by atoms with Crippen molar-refractivity contribution in [2.45, 2.75) is 93.2 Å². The molecule has 12 heteroatoms. The highest BCUT2D eigenvalue weighted by atomic mass is 35.5. The topological polar surface area (TPSA) is 122 Å². The van der Waals surface area contributed by atoms with Gasteiger partial charge in [0.2, 0.25) is 11.8 Å². The molecule has 3 saturated carbocycles. The number of hydrogen-bond acceptors (Lipinski definition) is 7. The Labute approximate surface area is 304 Å². The van der Waals surface area contributed by atoms with Crippen LogP contribution in [0.4, 0.5) is 0 Å². The SMILES string of the molecule is COC(=O)C1CCC(S(=O)(=O)C2CC(C3=NC(c4cccc(Cl)c4)C(c4ccc(Cl)cc4)N3C(=O)C3CCNC(=O)C3)C3CCCCC32)CC1. The molecule has 1 saturated heterocycles. The zero-order valence-electron chi connectivity index (χ0n) is 28.3. The molecule has 1 N–H and O–H groups in total. The summed E-state index contributed by atoms with van der Waals surface area (Å²) in [5.74, 6) is -0.924. The number of carbonyl (C=O) groups is 3. The first-order valence-corrected chi connectivity index (χ1v) is 20.4. The molecule has 50 heavy (non-hydrogen) atoms. The van der Waals surface area contributed by atoms with E-state index in [0.717, 1.165) is 36.8 Å². The molecule has 268 valence electrons. The molecular weight excluding hydrogens is 697 g/mol. The number of amidine groups is 1. The predicted octanol–water partition coefficient (Wildman–Crippen LogP) is 6.88. The first-order valence-electron chi connectivity index (χ1n) is 18.1. The van der Waals surface area contributed by atoms with Crippen LogP contribution in [0.15, 0.2) is 53.5 Å². The Morgan fingerprint density at radius 1 is 0.880 bits per heavy atom. The molecule has 5 aliphatic rings. The van der Waals surface area contributed by atoms with Crippen LogP contribution in [0.1, 0.15) is 93.8 Å². The molecule has 0 aromatic heterocycles. The summed E-state index contributed by atoms with van der Waals surface area (Å²) in [5, 5.41) is 2.94. The zero-order valence-corrected chi connectivity index (χ0v) is 30.6. The van der Waals surface area contributed by atoms with Crippen molar-refractivity contribution in [2.75, 3.05) is 13.7 Å². The number of esters is 1. The minimum Gasteiger partial charge on any atom is -0.469 e. The van der Waals surface area contributed by atoms with Crippen LogP contribution in [0.3, 0.4) is 0 Å². The standard InChI is InChI=1S/C38H45Cl2N3O6S/c1-49-38(46)23-11-15-28(16-12-23)50(47,48)32-21-31(29-7-2-3-8-30(29)32)36-42-34(24-5-4-6-27(40)19-24)35(22-9-13-26(39)14-10-22)43(36)37(45)25-17-18-41-33(44)20-25/h4-6,9-10,13-14,19,23,25,28-32,34-35H,2-3,7-8,11-12,15-18,20-21H2,1H3,(H,41,44). The van der Waals surface area contributed by atoms with Crippen molar-refractivity contribution in [3.63, 3.8) is 0 Å². The Hall–Kier alpha value is -2.95. The van der Waals surface area contributed by atoms with Gasteiger partial charge >= 0.3 is 5.97 Å². The third-order valence-electron chi connectivity index (χ3n) is 12.1. The highest BCUT2D eigenvalue weighted by Gasteiger charge is 2.56. The van der Waals surface area contributed by atoms with Crippen molar-refractivity contribution in [3.05, 3.63) is 69.7 Å². The molecule has 4 fully saturated rings. The fourth-order valence-corrected chi connectivity index (χ4v) is 12.7. The first-order chi connectivity index (χ1) is 24.1. The molecule has 0 radical (unpaired) electrons. The molecule has 3 aliphatic carbocycles. The van der Waals surface area contributed by atoms with Gasteiger partial charge in [0.15, 0.2) is 9.84 Å². The number of halogens is 2. The normalized spacial score (nSPS) is 32.9. The van der Waals surface area contributed by atoms with Crippen molar-refractivity contribution in [2.24, 2.45) is 34.6 Å². The van der Waals surface area contributed by atoms with Gasteiger partial charge in [0.25, 0.3) is 0 Å². The molecule has 2 amide bonds. The summed E-state index contributed by atoms with van der Waals surface area (Å²) >= 11 is 12.9. The molecule has 2 aromatic carbocycles. The van der Waals surface area contributed by atoms with Crippen LogP contribution < -0.4 is 5.32 Å². The highest BCUT2D eigenvalue weighted by Crippen LogP contribution is 2.54. The number of nitrogens with zero attached hydrogens (tertiary/aromatic N) is 2. The largest absolute Gasteiger partial charge is 0.469 e. The molecule has 7 atom stereocenters. The monoisotopic (exact) mass is 741 g/mol. The molecule has 7 rings (SSSR count). The molecule has 0 bridgehead atoms. The van der Waals surface area contributed by atoms with Gasteiger partial charge in [-0.2, -0.15) is 0 Å². The Morgan fingerprint density at radius 2 is 1.60 bits per heavy atom. The zero-order chi connectivity index (χ0) is 35.2. The maximum absolute atomic E-state index is 14.9. The number of methoxy groups -OCH3 is 1. The summed E-state index contributed by atoms with van der Waals surface area (Å²) in [6.45, 7) is 0.422. The van der Waals surface area contributed by atoms with E-state index in [-0.39, 0.29) is 47.9 Å². The van der Waals surface area contributed by atoms with E-state index in [4.69, 9.17) is 32.9 Å². The number of aliphatic imine (C=N–C) groups is 1. The average Bonchev–Trinajstić information content (AvgIpc) is 3.71. The Morgan fingerprint density at radius 3 is 2.28 bits per heavy atom. The summed E-state index contributed by atoms with van der Waals surface area (Å²) in [6.07, 6.45) is 6.60. The predicted molar refractivity (Wildman–Crippen MR) is 192 cm³/mol. The number of hydrogen-bond donors (Lipinski definition) is 1. The lowest BCUT2D eigenvalue weighted by molar-refractivity contribution is -0.146. The van der Waals surface area contributed by atoms with E-state index in [1.54, 1.807) is 0 Å². The van der Waals surface area contributed by atoms with E-state index >= 15 is 0 Å². The first kappa shape index (κ1) is 35.5. The number of benzene rings is 2. The number of fused-ring (bicyclic) bond motifs is 1. The van der Waals surface area contributed by atoms with E-state index < -0.39 is 38.3 Å². The summed E-state index contributed by atoms with van der Waals surface area (Å²) in [4.78, 5) is 46.9. The second-order valence-electron chi connectivity index (χ2n) is 14.8. The summed E-state index contributed by atoms with van der Waals surface area (Å²) in [6, 6.07) is 14.0. The van der Waals surface area contributed by atoms with Gasteiger partial charge in [0.1, 0.15) is 11.9 Å². The summed E-state index contributed by atoms with van der Waals surface area (Å²) in [5.41, 5.74) is 1.72. The number of sulfone groups is 1. The molecule has 2 aliphatic heterocycles. The number of carbonyl (C=O) groups excluding carboxylic acids is 3. The fourth-order valence-electron chi connectivity index (χ4n) is 9.68. The van der Waals surface area contributed by atoms with Crippen LogP contribution in [0.2, 0.25) is 10.0 Å². The number of ether oxygens (including phenoxy) is 1. The molecule has 0 spiro atoms. The molecule has 2 heterocycles. The lowest BCUT2D eigenvalue weighted by Gasteiger charge is -2.37. The number of rotatable bonds is 7. The van der Waals surface area contributed by atoms with E-state index in [2.05, 4.69) is 5.32 Å². The maximum atomic E-state index is 14.9. The van der Waals surface area contributed by atoms with Crippen molar-refractivity contribution in [1.29, 1.82) is 0 Å². The smallest absolute Gasteiger partial charge is 0.308 e. The van der Waals surface area contributed by atoms with E-state index in [0.29, 0.717) is 61.0 Å². The number of amides is 2. The molecular formula is C38H45Cl2N3O6S. The van der Waals surface area contributed by atoms with Crippen LogP contribution in [-0.4, -0.2) is 61.1 Å². The summed E-state index contributed by atoms with van der Waals surface area (Å²) < 4.78 is 34.1. The van der Waals surface area contributed by atoms with Gasteiger partial charge in [-0.1, -0.05) is 60.3 Å². The maximum Gasteiger partial charge on any atom is 0.308 e. The quantitative estimate of drug-likeness (QED) is 0.309. The van der Waals surface area contributed by atoms with Crippen LogP contribution in [0.5, 0.6) is 0 Å². The lowest BCUT2D eigenvalue weighted by Crippen LogP contribution is -2.48. The van der Waals surface area contributed by atoms with Gasteiger partial charge in [0.05, 0.1) is 29.6 Å². The van der Waals surface area contributed by atoms with Crippen LogP contribution >= 0.6 is 23.2 Å². The molecule has 2 aromatic rings. The van der Waals surface area contributed by atoms with Gasteiger partial charge in [-0.05, 0) is 98.6 Å². The fraction of sp³-hybridized carbons (Fsp3) is 0.579. The Kier molecular flexibility index (Phi) is 10.3. The Bertz CT molecular complexity index is 1760. The van der Waals surface area contributed by atoms with E-state index in [9.17, 15) is 22.8 Å². The Balaban J connectivity index is 1.29. The van der Waals surface area contributed by atoms with E-state index in [1.807, 2.05) is 53.4 Å². The van der Waals surface area contributed by atoms with Gasteiger partial charge in [0, 0.05) is 34.8 Å². The minimum atomic E-state index is -3.55. The second-order valence-corrected chi connectivity index (χ2v) is 18.1. The molecule has 7 unspecified atom stereocenters. The number of piperidine rings is 1. The average molecular weight is 743 g/mol. The third kappa shape index (κ3) is 6.72. The van der Waals surface area contributed by atoms with Crippen molar-refractivity contribution in [1.82, 2.24) is 10.2 Å². The van der Waals surface area contributed by atoms with Gasteiger partial charge < -0.3 is 10.1 Å². The van der Waals surface area contributed by atoms with Crippen molar-refractivity contribution >= 4 is 56.7 Å². The molecule has 9 nitrogen and oxygen atoms in total. The van der Waals surface area contributed by atoms with E-state index in [1.165, 1.54) is 7.11 Å². The highest BCUT2D eigenvalue weighted by molar-refractivity contribution is 7.92. The van der Waals surface area contributed by atoms with Crippen molar-refractivity contribution in [3.8, 4) is 0 Å². The van der Waals surface area contributed by atoms with Crippen molar-refractivity contribution < 1.29 is 27.5 Å². The number of nitrogens with one attached hydrogen (secondary N) is 1. The van der Waals surface area contributed by atoms with Gasteiger partial charge in [-0.25, -0.2) is 8.42 Å². The third-order valence-corrected chi connectivity index (χ3v) is 15.4. The van der Waals surface area contributed by atoms with Crippen LogP contribution in [0.25, 0.3) is 0 Å². The lowest BCUT2D eigenvalue weighted by atomic mass is 9.77. The summed E-state index contributed by atoms with van der Waals surface area (Å²) in [7, 11) is -2.17. The second kappa shape index (κ2) is 14.6. The van der Waals surface area contributed by atoms with Crippen LogP contribution in [-0.2, 0) is 29.0 Å². The minimum absolute atomic E-state index is 0.0311. The van der Waals surface area contributed by atoms with Gasteiger partial charge in [-0.15, -0.1) is 0 Å².